The summed E-state index contributed by atoms with van der Waals surface area (Å²) < 4.78 is 37.9. The van der Waals surface area contributed by atoms with Crippen molar-refractivity contribution in [1.29, 1.82) is 0 Å². The summed E-state index contributed by atoms with van der Waals surface area (Å²) in [6, 6.07) is 11.5. The van der Waals surface area contributed by atoms with E-state index in [0.29, 0.717) is 15.8 Å². The molecular formula is C19H12F2N2O3S. The number of rotatable bonds is 4. The standard InChI is InChI=1S/C19H12F2N2O3S/c1-10(17-22-23-18(26-17)11-2-4-13(20)5-3-11)25-19(24)16-9-12-8-14(21)6-7-15(12)27-16/h2-10H,1H3/t10-/m0/s1. The Morgan fingerprint density at radius 1 is 1.07 bits per heavy atom. The molecule has 5 nitrogen and oxygen atoms in total. The Balaban J connectivity index is 1.50. The maximum Gasteiger partial charge on any atom is 0.349 e. The van der Waals surface area contributed by atoms with Gasteiger partial charge in [0.05, 0.1) is 0 Å². The van der Waals surface area contributed by atoms with E-state index in [9.17, 15) is 13.6 Å². The minimum absolute atomic E-state index is 0.120. The van der Waals surface area contributed by atoms with E-state index in [4.69, 9.17) is 9.15 Å². The van der Waals surface area contributed by atoms with Crippen LogP contribution in [0.5, 0.6) is 0 Å². The molecule has 0 N–H and O–H groups in total. The molecule has 2 aromatic heterocycles. The van der Waals surface area contributed by atoms with Crippen molar-refractivity contribution in [1.82, 2.24) is 10.2 Å². The fraction of sp³-hybridized carbons (Fsp3) is 0.105. The van der Waals surface area contributed by atoms with E-state index in [-0.39, 0.29) is 23.4 Å². The van der Waals surface area contributed by atoms with Gasteiger partial charge in [-0.3, -0.25) is 0 Å². The van der Waals surface area contributed by atoms with Gasteiger partial charge in [0.25, 0.3) is 5.89 Å². The van der Waals surface area contributed by atoms with Crippen molar-refractivity contribution in [3.63, 3.8) is 0 Å². The SMILES string of the molecule is C[C@H](OC(=O)c1cc2cc(F)ccc2s1)c1nnc(-c2ccc(F)cc2)o1. The third-order valence-corrected chi connectivity index (χ3v) is 4.94. The van der Waals surface area contributed by atoms with Crippen LogP contribution in [0.2, 0.25) is 0 Å². The highest BCUT2D eigenvalue weighted by Crippen LogP contribution is 2.29. The van der Waals surface area contributed by atoms with Crippen molar-refractivity contribution < 1.29 is 22.7 Å². The van der Waals surface area contributed by atoms with Crippen molar-refractivity contribution in [2.75, 3.05) is 0 Å². The molecule has 0 spiro atoms. The van der Waals surface area contributed by atoms with Crippen molar-refractivity contribution in [2.24, 2.45) is 0 Å². The summed E-state index contributed by atoms with van der Waals surface area (Å²) in [7, 11) is 0. The molecule has 1 atom stereocenters. The van der Waals surface area contributed by atoms with Crippen LogP contribution in [-0.4, -0.2) is 16.2 Å². The minimum atomic E-state index is -0.777. The lowest BCUT2D eigenvalue weighted by atomic mass is 10.2. The third kappa shape index (κ3) is 3.56. The van der Waals surface area contributed by atoms with Crippen LogP contribution in [0.15, 0.2) is 52.9 Å². The predicted molar refractivity (Wildman–Crippen MR) is 95.3 cm³/mol. The van der Waals surface area contributed by atoms with Gasteiger partial charge in [0.15, 0.2) is 6.10 Å². The van der Waals surface area contributed by atoms with E-state index >= 15 is 0 Å². The summed E-state index contributed by atoms with van der Waals surface area (Å²) in [5, 5.41) is 8.41. The number of halogens is 2. The quantitative estimate of drug-likeness (QED) is 0.454. The summed E-state index contributed by atoms with van der Waals surface area (Å²) in [4.78, 5) is 12.7. The lowest BCUT2D eigenvalue weighted by Gasteiger charge is -2.07. The smallest absolute Gasteiger partial charge is 0.349 e. The number of esters is 1. The first-order valence-corrected chi connectivity index (χ1v) is 8.80. The van der Waals surface area contributed by atoms with Gasteiger partial charge in [0.2, 0.25) is 5.89 Å². The fourth-order valence-electron chi connectivity index (χ4n) is 2.49. The normalized spacial score (nSPS) is 12.3. The van der Waals surface area contributed by atoms with Crippen molar-refractivity contribution in [3.05, 3.63) is 70.9 Å². The number of hydrogen-bond acceptors (Lipinski definition) is 6. The molecule has 4 rings (SSSR count). The highest BCUT2D eigenvalue weighted by molar-refractivity contribution is 7.20. The molecule has 0 unspecified atom stereocenters. The van der Waals surface area contributed by atoms with E-state index in [1.807, 2.05) is 0 Å². The molecule has 4 aromatic rings. The second kappa shape index (κ2) is 6.88. The van der Waals surface area contributed by atoms with Crippen molar-refractivity contribution in [2.45, 2.75) is 13.0 Å². The summed E-state index contributed by atoms with van der Waals surface area (Å²) in [6.45, 7) is 1.60. The van der Waals surface area contributed by atoms with Gasteiger partial charge in [0, 0.05) is 10.3 Å². The topological polar surface area (TPSA) is 65.2 Å². The Morgan fingerprint density at radius 2 is 1.81 bits per heavy atom. The van der Waals surface area contributed by atoms with Gasteiger partial charge in [-0.25, -0.2) is 13.6 Å². The monoisotopic (exact) mass is 386 g/mol. The molecule has 2 heterocycles. The molecule has 0 aliphatic rings. The first-order valence-electron chi connectivity index (χ1n) is 7.99. The Bertz CT molecular complexity index is 1120. The Labute approximate surface area is 156 Å². The molecule has 0 amide bonds. The maximum absolute atomic E-state index is 13.3. The highest BCUT2D eigenvalue weighted by atomic mass is 32.1. The maximum atomic E-state index is 13.3. The number of carbonyl (C=O) groups is 1. The number of hydrogen-bond donors (Lipinski definition) is 0. The van der Waals surface area contributed by atoms with E-state index in [1.54, 1.807) is 19.1 Å². The minimum Gasteiger partial charge on any atom is -0.448 e. The first kappa shape index (κ1) is 17.3. The van der Waals surface area contributed by atoms with Crippen LogP contribution < -0.4 is 0 Å². The molecule has 8 heteroatoms. The highest BCUT2D eigenvalue weighted by Gasteiger charge is 2.21. The Kier molecular flexibility index (Phi) is 4.41. The largest absolute Gasteiger partial charge is 0.448 e. The second-order valence-corrected chi connectivity index (χ2v) is 6.88. The fourth-order valence-corrected chi connectivity index (χ4v) is 3.42. The number of aromatic nitrogens is 2. The molecule has 0 fully saturated rings. The van der Waals surface area contributed by atoms with Crippen molar-refractivity contribution in [3.8, 4) is 11.5 Å². The van der Waals surface area contributed by atoms with E-state index in [2.05, 4.69) is 10.2 Å². The Morgan fingerprint density at radius 3 is 2.59 bits per heavy atom. The van der Waals surface area contributed by atoms with Crippen LogP contribution in [0.1, 0.15) is 28.6 Å². The molecule has 2 aromatic carbocycles. The zero-order chi connectivity index (χ0) is 19.0. The number of ether oxygens (including phenoxy) is 1. The second-order valence-electron chi connectivity index (χ2n) is 5.79. The number of carbonyl (C=O) groups excluding carboxylic acids is 1. The molecule has 0 bridgehead atoms. The molecule has 0 aliphatic carbocycles. The number of fused-ring (bicyclic) bond motifs is 1. The van der Waals surface area contributed by atoms with Crippen molar-refractivity contribution >= 4 is 27.4 Å². The predicted octanol–water partition coefficient (Wildman–Crippen LogP) is 5.15. The Hall–Kier alpha value is -3.13. The summed E-state index contributed by atoms with van der Waals surface area (Å²) in [6.07, 6.45) is -0.777. The first-order chi connectivity index (χ1) is 13.0. The lowest BCUT2D eigenvalue weighted by Crippen LogP contribution is -2.08. The number of benzene rings is 2. The summed E-state index contributed by atoms with van der Waals surface area (Å²) >= 11 is 1.21. The summed E-state index contributed by atoms with van der Waals surface area (Å²) in [5.74, 6) is -0.984. The van der Waals surface area contributed by atoms with Gasteiger partial charge >= 0.3 is 5.97 Å². The van der Waals surface area contributed by atoms with Crippen LogP contribution in [-0.2, 0) is 4.74 Å². The van der Waals surface area contributed by atoms with Gasteiger partial charge in [-0.1, -0.05) is 0 Å². The van der Waals surface area contributed by atoms with E-state index in [0.717, 1.165) is 4.70 Å². The average Bonchev–Trinajstić information content (AvgIpc) is 3.29. The van der Waals surface area contributed by atoms with E-state index in [1.165, 1.54) is 47.7 Å². The van der Waals surface area contributed by atoms with Gasteiger partial charge < -0.3 is 9.15 Å². The van der Waals surface area contributed by atoms with E-state index < -0.39 is 12.1 Å². The number of thiophene rings is 1. The lowest BCUT2D eigenvalue weighted by molar-refractivity contribution is 0.0286. The van der Waals surface area contributed by atoms with Gasteiger partial charge in [-0.05, 0) is 60.8 Å². The molecule has 27 heavy (non-hydrogen) atoms. The van der Waals surface area contributed by atoms with Gasteiger partial charge in [-0.2, -0.15) is 0 Å². The molecule has 0 aliphatic heterocycles. The van der Waals surface area contributed by atoms with Crippen LogP contribution in [0.25, 0.3) is 21.5 Å². The zero-order valence-corrected chi connectivity index (χ0v) is 14.8. The number of nitrogens with zero attached hydrogens (tertiary/aromatic N) is 2. The van der Waals surface area contributed by atoms with Gasteiger partial charge in [0.1, 0.15) is 16.5 Å². The van der Waals surface area contributed by atoms with Crippen LogP contribution in [0.3, 0.4) is 0 Å². The van der Waals surface area contributed by atoms with Gasteiger partial charge in [-0.15, -0.1) is 21.5 Å². The molecule has 0 saturated carbocycles. The van der Waals surface area contributed by atoms with Crippen LogP contribution >= 0.6 is 11.3 Å². The molecule has 0 radical (unpaired) electrons. The average molecular weight is 386 g/mol. The summed E-state index contributed by atoms with van der Waals surface area (Å²) in [5.41, 5.74) is 0.556. The molecular weight excluding hydrogens is 374 g/mol. The zero-order valence-electron chi connectivity index (χ0n) is 14.0. The molecule has 0 saturated heterocycles. The third-order valence-electron chi connectivity index (χ3n) is 3.84. The van der Waals surface area contributed by atoms with Crippen LogP contribution in [0, 0.1) is 11.6 Å². The molecule has 136 valence electrons. The van der Waals surface area contributed by atoms with Crippen LogP contribution in [0.4, 0.5) is 8.78 Å².